The Labute approximate surface area is 211 Å². The monoisotopic (exact) mass is 539 g/mol. The van der Waals surface area contributed by atoms with Crippen molar-refractivity contribution in [3.63, 3.8) is 0 Å². The molecule has 0 radical (unpaired) electrons. The molecule has 0 heterocycles. The summed E-state index contributed by atoms with van der Waals surface area (Å²) < 4.78 is 72.6. The maximum atomic E-state index is 13.5. The van der Waals surface area contributed by atoms with Gasteiger partial charge in [0, 0.05) is 10.6 Å². The number of hydrazone groups is 1. The van der Waals surface area contributed by atoms with Gasteiger partial charge in [0.1, 0.15) is 12.3 Å². The van der Waals surface area contributed by atoms with Crippen molar-refractivity contribution in [1.82, 2.24) is 5.43 Å². The van der Waals surface area contributed by atoms with Gasteiger partial charge in [0.05, 0.1) is 29.5 Å². The average Bonchev–Trinajstić information content (AvgIpc) is 2.82. The van der Waals surface area contributed by atoms with Crippen LogP contribution in [0.1, 0.15) is 16.7 Å². The molecule has 0 fully saturated rings. The zero-order chi connectivity index (χ0) is 26.5. The van der Waals surface area contributed by atoms with Gasteiger partial charge in [-0.2, -0.15) is 18.3 Å². The fraction of sp³-hybridized carbons (Fsp3) is 0.167. The van der Waals surface area contributed by atoms with Crippen molar-refractivity contribution < 1.29 is 31.1 Å². The average molecular weight is 540 g/mol. The summed E-state index contributed by atoms with van der Waals surface area (Å²) in [7, 11) is -2.96. The molecule has 3 aromatic carbocycles. The van der Waals surface area contributed by atoms with Crippen molar-refractivity contribution in [3.05, 3.63) is 88.4 Å². The Morgan fingerprint density at radius 1 is 1.11 bits per heavy atom. The van der Waals surface area contributed by atoms with Crippen LogP contribution in [-0.2, 0) is 21.0 Å². The number of carbonyl (C=O) groups excluding carboxylic acids is 1. The highest BCUT2D eigenvalue weighted by atomic mass is 35.5. The van der Waals surface area contributed by atoms with Crippen molar-refractivity contribution in [1.29, 1.82) is 0 Å². The van der Waals surface area contributed by atoms with Crippen molar-refractivity contribution in [2.45, 2.75) is 18.0 Å². The minimum absolute atomic E-state index is 0.00729. The SMILES string of the molecule is COc1ccc(Cl)cc1N(CC(=O)N/N=C\c1ccccc1C(F)(F)F)S(=O)(=O)c1ccc(C)cc1. The number of ether oxygens (including phenoxy) is 1. The van der Waals surface area contributed by atoms with Gasteiger partial charge in [0.2, 0.25) is 0 Å². The highest BCUT2D eigenvalue weighted by Crippen LogP contribution is 2.35. The summed E-state index contributed by atoms with van der Waals surface area (Å²) in [4.78, 5) is 12.6. The molecule has 0 unspecified atom stereocenters. The van der Waals surface area contributed by atoms with Crippen LogP contribution in [0, 0.1) is 6.92 Å². The summed E-state index contributed by atoms with van der Waals surface area (Å²) in [5, 5.41) is 3.78. The molecular formula is C24H21ClF3N3O4S. The van der Waals surface area contributed by atoms with E-state index in [1.807, 2.05) is 0 Å². The molecule has 1 N–H and O–H groups in total. The zero-order valence-corrected chi connectivity index (χ0v) is 20.7. The van der Waals surface area contributed by atoms with Crippen LogP contribution in [0.15, 0.2) is 76.7 Å². The first-order chi connectivity index (χ1) is 16.9. The molecule has 190 valence electrons. The predicted octanol–water partition coefficient (Wildman–Crippen LogP) is 5.02. The van der Waals surface area contributed by atoms with Crippen molar-refractivity contribution in [2.24, 2.45) is 5.10 Å². The fourth-order valence-electron chi connectivity index (χ4n) is 3.20. The second kappa shape index (κ2) is 11.0. The number of nitrogens with one attached hydrogen (secondary N) is 1. The minimum atomic E-state index is -4.62. The molecule has 12 heteroatoms. The Hall–Kier alpha value is -3.57. The lowest BCUT2D eigenvalue weighted by atomic mass is 10.1. The molecule has 3 rings (SSSR count). The smallest absolute Gasteiger partial charge is 0.417 e. The lowest BCUT2D eigenvalue weighted by molar-refractivity contribution is -0.137. The highest BCUT2D eigenvalue weighted by molar-refractivity contribution is 7.92. The van der Waals surface area contributed by atoms with Gasteiger partial charge in [-0.3, -0.25) is 9.10 Å². The number of hydrogen-bond donors (Lipinski definition) is 1. The van der Waals surface area contributed by atoms with Crippen LogP contribution in [0.5, 0.6) is 5.75 Å². The molecule has 7 nitrogen and oxygen atoms in total. The number of benzene rings is 3. The van der Waals surface area contributed by atoms with Crippen molar-refractivity contribution in [3.8, 4) is 5.75 Å². The van der Waals surface area contributed by atoms with E-state index in [9.17, 15) is 26.4 Å². The summed E-state index contributed by atoms with van der Waals surface area (Å²) in [6, 6.07) is 14.9. The molecule has 0 aliphatic carbocycles. The number of rotatable bonds is 8. The van der Waals surface area contributed by atoms with Crippen LogP contribution in [-0.4, -0.2) is 34.2 Å². The summed E-state index contributed by atoms with van der Waals surface area (Å²) in [5.74, 6) is -0.779. The Morgan fingerprint density at radius 3 is 2.42 bits per heavy atom. The van der Waals surface area contributed by atoms with Crippen LogP contribution in [0.4, 0.5) is 18.9 Å². The normalized spacial score (nSPS) is 11.9. The molecule has 0 aromatic heterocycles. The van der Waals surface area contributed by atoms with E-state index >= 15 is 0 Å². The fourth-order valence-corrected chi connectivity index (χ4v) is 4.79. The number of sulfonamides is 1. The number of halogens is 4. The van der Waals surface area contributed by atoms with E-state index in [1.165, 1.54) is 55.6 Å². The molecule has 3 aromatic rings. The van der Waals surface area contributed by atoms with Gasteiger partial charge in [0.15, 0.2) is 0 Å². The lowest BCUT2D eigenvalue weighted by Gasteiger charge is -2.25. The van der Waals surface area contributed by atoms with Crippen LogP contribution in [0.3, 0.4) is 0 Å². The van der Waals surface area contributed by atoms with Gasteiger partial charge in [-0.05, 0) is 43.3 Å². The number of anilines is 1. The van der Waals surface area contributed by atoms with Gasteiger partial charge in [0.25, 0.3) is 15.9 Å². The number of hydrogen-bond acceptors (Lipinski definition) is 5. The Morgan fingerprint density at radius 2 is 1.78 bits per heavy atom. The Balaban J connectivity index is 1.93. The van der Waals surface area contributed by atoms with Crippen LogP contribution >= 0.6 is 11.6 Å². The van der Waals surface area contributed by atoms with Crippen LogP contribution < -0.4 is 14.5 Å². The maximum absolute atomic E-state index is 13.5. The van der Waals surface area contributed by atoms with E-state index in [0.29, 0.717) is 0 Å². The quantitative estimate of drug-likeness (QED) is 0.321. The standard InChI is InChI=1S/C24H21ClF3N3O4S/c1-16-7-10-19(11-8-16)36(33,34)31(21-13-18(25)9-12-22(21)35-2)15-23(32)30-29-14-17-5-3-4-6-20(17)24(26,27)28/h3-14H,15H2,1-2H3,(H,30,32)/b29-14-. The van der Waals surface area contributed by atoms with Gasteiger partial charge >= 0.3 is 6.18 Å². The minimum Gasteiger partial charge on any atom is -0.495 e. The van der Waals surface area contributed by atoms with Crippen LogP contribution in [0.25, 0.3) is 0 Å². The summed E-state index contributed by atoms with van der Waals surface area (Å²) in [6.07, 6.45) is -3.78. The van der Waals surface area contributed by atoms with E-state index in [1.54, 1.807) is 19.1 Å². The topological polar surface area (TPSA) is 88.1 Å². The molecule has 36 heavy (non-hydrogen) atoms. The molecule has 0 spiro atoms. The number of carbonyl (C=O) groups is 1. The first-order valence-corrected chi connectivity index (χ1v) is 12.2. The van der Waals surface area contributed by atoms with E-state index in [-0.39, 0.29) is 26.9 Å². The van der Waals surface area contributed by atoms with Gasteiger partial charge < -0.3 is 4.74 Å². The second-order valence-corrected chi connectivity index (χ2v) is 9.82. The van der Waals surface area contributed by atoms with Gasteiger partial charge in [-0.25, -0.2) is 13.8 Å². The molecular weight excluding hydrogens is 519 g/mol. The molecule has 0 saturated heterocycles. The Kier molecular flexibility index (Phi) is 8.26. The first-order valence-electron chi connectivity index (χ1n) is 10.3. The molecule has 0 saturated carbocycles. The van der Waals surface area contributed by atoms with Crippen LogP contribution in [0.2, 0.25) is 5.02 Å². The number of aryl methyl sites for hydroxylation is 1. The molecule has 0 bridgehead atoms. The van der Waals surface area contributed by atoms with Gasteiger partial charge in [-0.15, -0.1) is 0 Å². The van der Waals surface area contributed by atoms with Crippen molar-refractivity contribution in [2.75, 3.05) is 18.0 Å². The van der Waals surface area contributed by atoms with E-state index in [4.69, 9.17) is 16.3 Å². The van der Waals surface area contributed by atoms with Crippen molar-refractivity contribution >= 4 is 39.4 Å². The Bertz CT molecular complexity index is 1380. The molecule has 0 atom stereocenters. The van der Waals surface area contributed by atoms with E-state index in [0.717, 1.165) is 22.1 Å². The number of alkyl halides is 3. The van der Waals surface area contributed by atoms with E-state index < -0.39 is 34.2 Å². The third kappa shape index (κ3) is 6.35. The zero-order valence-electron chi connectivity index (χ0n) is 19.1. The predicted molar refractivity (Wildman–Crippen MR) is 131 cm³/mol. The summed E-state index contributed by atoms with van der Waals surface area (Å²) in [5.41, 5.74) is 1.69. The second-order valence-electron chi connectivity index (χ2n) is 7.52. The maximum Gasteiger partial charge on any atom is 0.417 e. The number of methoxy groups -OCH3 is 1. The van der Waals surface area contributed by atoms with Gasteiger partial charge in [-0.1, -0.05) is 47.5 Å². The summed E-state index contributed by atoms with van der Waals surface area (Å²) >= 11 is 6.08. The largest absolute Gasteiger partial charge is 0.495 e. The first kappa shape index (κ1) is 27.0. The number of amides is 1. The molecule has 0 aliphatic rings. The lowest BCUT2D eigenvalue weighted by Crippen LogP contribution is -2.39. The molecule has 0 aliphatic heterocycles. The third-order valence-corrected chi connectivity index (χ3v) is 6.97. The third-order valence-electron chi connectivity index (χ3n) is 4.96. The highest BCUT2D eigenvalue weighted by Gasteiger charge is 2.33. The summed E-state index contributed by atoms with van der Waals surface area (Å²) in [6.45, 7) is 1.03. The molecule has 1 amide bonds. The number of nitrogens with zero attached hydrogens (tertiary/aromatic N) is 2. The van der Waals surface area contributed by atoms with E-state index in [2.05, 4.69) is 10.5 Å².